The van der Waals surface area contributed by atoms with Crippen molar-refractivity contribution in [3.05, 3.63) is 34.7 Å². The topological polar surface area (TPSA) is 70.1 Å². The molecule has 1 aromatic carbocycles. The normalized spacial score (nSPS) is 15.9. The van der Waals surface area contributed by atoms with Crippen LogP contribution in [0.3, 0.4) is 0 Å². The summed E-state index contributed by atoms with van der Waals surface area (Å²) in [4.78, 5) is 28.6. The SMILES string of the molecule is O=C(Cn1c(=O)[nH]c2ccccc21)N1CCNCC1. The number of hydrogen-bond acceptors (Lipinski definition) is 3. The number of hydrogen-bond donors (Lipinski definition) is 2. The summed E-state index contributed by atoms with van der Waals surface area (Å²) in [5.41, 5.74) is 1.31. The Morgan fingerprint density at radius 1 is 1.21 bits per heavy atom. The molecule has 1 fully saturated rings. The van der Waals surface area contributed by atoms with Gasteiger partial charge in [-0.3, -0.25) is 9.36 Å². The second kappa shape index (κ2) is 4.89. The first-order valence-electron chi connectivity index (χ1n) is 6.42. The Labute approximate surface area is 110 Å². The van der Waals surface area contributed by atoms with Crippen LogP contribution in [-0.4, -0.2) is 46.5 Å². The maximum absolute atomic E-state index is 12.2. The van der Waals surface area contributed by atoms with Crippen LogP contribution >= 0.6 is 0 Å². The van der Waals surface area contributed by atoms with Gasteiger partial charge in [-0.05, 0) is 12.1 Å². The van der Waals surface area contributed by atoms with E-state index in [4.69, 9.17) is 0 Å². The van der Waals surface area contributed by atoms with Gasteiger partial charge in [0.15, 0.2) is 0 Å². The Hall–Kier alpha value is -2.08. The third kappa shape index (κ3) is 2.26. The van der Waals surface area contributed by atoms with Crippen LogP contribution in [0.15, 0.2) is 29.1 Å². The van der Waals surface area contributed by atoms with Gasteiger partial charge in [0.2, 0.25) is 5.91 Å². The average Bonchev–Trinajstić information content (AvgIpc) is 2.76. The number of amides is 1. The molecule has 0 bridgehead atoms. The Bertz CT molecular complexity index is 652. The molecule has 1 aliphatic heterocycles. The lowest BCUT2D eigenvalue weighted by Gasteiger charge is -2.27. The molecular formula is C13H16N4O2. The molecular weight excluding hydrogens is 244 g/mol. The average molecular weight is 260 g/mol. The summed E-state index contributed by atoms with van der Waals surface area (Å²) in [6.45, 7) is 3.14. The Morgan fingerprint density at radius 2 is 1.95 bits per heavy atom. The molecule has 0 spiro atoms. The maximum atomic E-state index is 12.2. The summed E-state index contributed by atoms with van der Waals surface area (Å²) in [7, 11) is 0. The summed E-state index contributed by atoms with van der Waals surface area (Å²) in [5, 5.41) is 3.20. The molecule has 0 radical (unpaired) electrons. The van der Waals surface area contributed by atoms with Crippen molar-refractivity contribution in [1.82, 2.24) is 19.8 Å². The molecule has 2 aromatic rings. The number of fused-ring (bicyclic) bond motifs is 1. The summed E-state index contributed by atoms with van der Waals surface area (Å²) in [5.74, 6) is -0.00615. The molecule has 0 saturated carbocycles. The summed E-state index contributed by atoms with van der Waals surface area (Å²) in [6.07, 6.45) is 0. The van der Waals surface area contributed by atoms with Gasteiger partial charge in [0.25, 0.3) is 0 Å². The highest BCUT2D eigenvalue weighted by Crippen LogP contribution is 2.09. The van der Waals surface area contributed by atoms with Crippen LogP contribution < -0.4 is 11.0 Å². The second-order valence-electron chi connectivity index (χ2n) is 4.66. The van der Waals surface area contributed by atoms with Crippen LogP contribution in [0.25, 0.3) is 11.0 Å². The van der Waals surface area contributed by atoms with E-state index >= 15 is 0 Å². The molecule has 2 heterocycles. The van der Waals surface area contributed by atoms with E-state index in [9.17, 15) is 9.59 Å². The molecule has 0 aliphatic carbocycles. The summed E-state index contributed by atoms with van der Waals surface area (Å²) < 4.78 is 1.50. The van der Waals surface area contributed by atoms with Gasteiger partial charge in [-0.1, -0.05) is 12.1 Å². The number of H-pyrrole nitrogens is 1. The molecule has 19 heavy (non-hydrogen) atoms. The minimum Gasteiger partial charge on any atom is -0.339 e. The number of nitrogens with zero attached hydrogens (tertiary/aromatic N) is 2. The zero-order valence-corrected chi connectivity index (χ0v) is 10.6. The quantitative estimate of drug-likeness (QED) is 0.783. The van der Waals surface area contributed by atoms with Crippen molar-refractivity contribution in [3.8, 4) is 0 Å². The lowest BCUT2D eigenvalue weighted by Crippen LogP contribution is -2.47. The van der Waals surface area contributed by atoms with Gasteiger partial charge in [0.05, 0.1) is 11.0 Å². The predicted octanol–water partition coefficient (Wildman–Crippen LogP) is -0.239. The third-order valence-corrected chi connectivity index (χ3v) is 3.44. The first-order chi connectivity index (χ1) is 9.25. The molecule has 1 amide bonds. The van der Waals surface area contributed by atoms with Crippen molar-refractivity contribution in [1.29, 1.82) is 0 Å². The lowest BCUT2D eigenvalue weighted by atomic mass is 10.3. The number of rotatable bonds is 2. The van der Waals surface area contributed by atoms with E-state index in [0.29, 0.717) is 13.1 Å². The van der Waals surface area contributed by atoms with Gasteiger partial charge in [0, 0.05) is 26.2 Å². The fourth-order valence-electron chi connectivity index (χ4n) is 2.41. The van der Waals surface area contributed by atoms with E-state index in [-0.39, 0.29) is 18.1 Å². The summed E-state index contributed by atoms with van der Waals surface area (Å²) >= 11 is 0. The standard InChI is InChI=1S/C13H16N4O2/c18-12(16-7-5-14-6-8-16)9-17-11-4-2-1-3-10(11)15-13(17)19/h1-4,14H,5-9H2,(H,15,19). The molecule has 0 unspecified atom stereocenters. The predicted molar refractivity (Wildman–Crippen MR) is 72.0 cm³/mol. The second-order valence-corrected chi connectivity index (χ2v) is 4.66. The van der Waals surface area contributed by atoms with Crippen molar-refractivity contribution in [2.45, 2.75) is 6.54 Å². The van der Waals surface area contributed by atoms with Crippen molar-refractivity contribution in [2.24, 2.45) is 0 Å². The molecule has 6 heteroatoms. The highest BCUT2D eigenvalue weighted by atomic mass is 16.2. The number of carbonyl (C=O) groups is 1. The summed E-state index contributed by atoms with van der Waals surface area (Å²) in [6, 6.07) is 7.41. The van der Waals surface area contributed by atoms with Crippen LogP contribution in [0, 0.1) is 0 Å². The van der Waals surface area contributed by atoms with Crippen molar-refractivity contribution < 1.29 is 4.79 Å². The minimum atomic E-state index is -0.232. The number of aromatic nitrogens is 2. The van der Waals surface area contributed by atoms with Gasteiger partial charge >= 0.3 is 5.69 Å². The van der Waals surface area contributed by atoms with Gasteiger partial charge in [-0.25, -0.2) is 4.79 Å². The van der Waals surface area contributed by atoms with E-state index in [1.807, 2.05) is 24.3 Å². The van der Waals surface area contributed by atoms with E-state index < -0.39 is 0 Å². The highest BCUT2D eigenvalue weighted by Gasteiger charge is 2.18. The fraction of sp³-hybridized carbons (Fsp3) is 0.385. The molecule has 0 atom stereocenters. The number of benzene rings is 1. The van der Waals surface area contributed by atoms with Gasteiger partial charge in [0.1, 0.15) is 6.54 Å². The lowest BCUT2D eigenvalue weighted by molar-refractivity contribution is -0.132. The van der Waals surface area contributed by atoms with Crippen molar-refractivity contribution in [3.63, 3.8) is 0 Å². The highest BCUT2D eigenvalue weighted by molar-refractivity contribution is 5.80. The first-order valence-corrected chi connectivity index (χ1v) is 6.42. The number of nitrogens with one attached hydrogen (secondary N) is 2. The molecule has 1 aliphatic rings. The third-order valence-electron chi connectivity index (χ3n) is 3.44. The van der Waals surface area contributed by atoms with E-state index in [2.05, 4.69) is 10.3 Å². The Morgan fingerprint density at radius 3 is 2.74 bits per heavy atom. The number of para-hydroxylation sites is 2. The molecule has 6 nitrogen and oxygen atoms in total. The van der Waals surface area contributed by atoms with Gasteiger partial charge in [-0.15, -0.1) is 0 Å². The number of aromatic amines is 1. The molecule has 1 saturated heterocycles. The number of imidazole rings is 1. The minimum absolute atomic E-state index is 0.00615. The van der Waals surface area contributed by atoms with Crippen molar-refractivity contribution >= 4 is 16.9 Å². The molecule has 100 valence electrons. The van der Waals surface area contributed by atoms with Crippen LogP contribution in [0.5, 0.6) is 0 Å². The zero-order valence-electron chi connectivity index (χ0n) is 10.6. The van der Waals surface area contributed by atoms with E-state index in [0.717, 1.165) is 24.1 Å². The molecule has 3 rings (SSSR count). The van der Waals surface area contributed by atoms with E-state index in [1.165, 1.54) is 4.57 Å². The van der Waals surface area contributed by atoms with Crippen LogP contribution in [-0.2, 0) is 11.3 Å². The maximum Gasteiger partial charge on any atom is 0.326 e. The first kappa shape index (κ1) is 12.0. The van der Waals surface area contributed by atoms with Crippen molar-refractivity contribution in [2.75, 3.05) is 26.2 Å². The van der Waals surface area contributed by atoms with Crippen LogP contribution in [0.2, 0.25) is 0 Å². The number of carbonyl (C=O) groups excluding carboxylic acids is 1. The van der Waals surface area contributed by atoms with Gasteiger partial charge < -0.3 is 15.2 Å². The van der Waals surface area contributed by atoms with Crippen LogP contribution in [0.1, 0.15) is 0 Å². The fourth-order valence-corrected chi connectivity index (χ4v) is 2.41. The molecule has 2 N–H and O–H groups in total. The largest absolute Gasteiger partial charge is 0.339 e. The monoisotopic (exact) mass is 260 g/mol. The van der Waals surface area contributed by atoms with Crippen LogP contribution in [0.4, 0.5) is 0 Å². The van der Waals surface area contributed by atoms with E-state index in [1.54, 1.807) is 4.90 Å². The number of piperazine rings is 1. The van der Waals surface area contributed by atoms with Gasteiger partial charge in [-0.2, -0.15) is 0 Å². The Kier molecular flexibility index (Phi) is 3.08. The zero-order chi connectivity index (χ0) is 13.2. The Balaban J connectivity index is 1.86. The molecule has 1 aromatic heterocycles. The smallest absolute Gasteiger partial charge is 0.326 e.